The minimum absolute atomic E-state index is 0.431. The number of fused-ring (bicyclic) bond motifs is 6. The maximum Gasteiger partial charge on any atom is 0.135 e. The molecule has 254 valence electrons. The van der Waals surface area contributed by atoms with Crippen molar-refractivity contribution < 1.29 is 4.42 Å². The van der Waals surface area contributed by atoms with Crippen LogP contribution in [-0.4, -0.2) is 0 Å². The van der Waals surface area contributed by atoms with Gasteiger partial charge in [0.05, 0.1) is 5.69 Å². The number of anilines is 2. The molecule has 0 saturated carbocycles. The summed E-state index contributed by atoms with van der Waals surface area (Å²) in [5.74, 6) is 1.06. The maximum absolute atomic E-state index is 6.92. The van der Waals surface area contributed by atoms with E-state index in [1.807, 2.05) is 0 Å². The van der Waals surface area contributed by atoms with Crippen LogP contribution in [0.15, 0.2) is 168 Å². The van der Waals surface area contributed by atoms with Crippen molar-refractivity contribution in [2.45, 2.75) is 38.3 Å². The number of nitrogens with two attached hydrogens (primary N) is 1. The highest BCUT2D eigenvalue weighted by molar-refractivity contribution is 6.05. The van der Waals surface area contributed by atoms with Crippen molar-refractivity contribution >= 4 is 50.5 Å². The molecule has 1 aliphatic heterocycles. The Bertz CT molecular complexity index is 2490. The molecule has 1 unspecified atom stereocenters. The molecule has 3 aliphatic rings. The van der Waals surface area contributed by atoms with Gasteiger partial charge >= 0.3 is 0 Å². The Hall–Kier alpha value is -6.10. The minimum Gasteiger partial charge on any atom is -0.460 e. The summed E-state index contributed by atoms with van der Waals surface area (Å²) in [6.07, 6.45) is 20.0. The second-order valence-corrected chi connectivity index (χ2v) is 13.8. The number of aryl methyl sites for hydroxylation is 1. The Morgan fingerprint density at radius 1 is 0.827 bits per heavy atom. The molecule has 1 aromatic heterocycles. The fourth-order valence-electron chi connectivity index (χ4n) is 7.84. The fraction of sp³-hybridized carbons (Fsp3) is 0.125. The highest BCUT2D eigenvalue weighted by atomic mass is 16.3. The van der Waals surface area contributed by atoms with Gasteiger partial charge in [-0.3, -0.25) is 0 Å². The minimum atomic E-state index is -0.431. The van der Waals surface area contributed by atoms with Crippen LogP contribution < -0.4 is 16.0 Å². The smallest absolute Gasteiger partial charge is 0.135 e. The molecule has 0 fully saturated rings. The largest absolute Gasteiger partial charge is 0.460 e. The molecule has 4 nitrogen and oxygen atoms in total. The van der Waals surface area contributed by atoms with Gasteiger partial charge < -0.3 is 20.4 Å². The first-order chi connectivity index (χ1) is 25.6. The summed E-state index contributed by atoms with van der Waals surface area (Å²) < 4.78 is 6.28. The fourth-order valence-corrected chi connectivity index (χ4v) is 7.84. The third kappa shape index (κ3) is 5.91. The van der Waals surface area contributed by atoms with Gasteiger partial charge in [-0.1, -0.05) is 122 Å². The van der Waals surface area contributed by atoms with Crippen LogP contribution >= 0.6 is 0 Å². The van der Waals surface area contributed by atoms with Crippen LogP contribution in [0.4, 0.5) is 11.4 Å². The van der Waals surface area contributed by atoms with Crippen molar-refractivity contribution in [2.24, 2.45) is 5.73 Å². The molecule has 1 atom stereocenters. The molecule has 0 bridgehead atoms. The molecule has 6 aromatic rings. The second kappa shape index (κ2) is 13.6. The van der Waals surface area contributed by atoms with Crippen molar-refractivity contribution in [3.63, 3.8) is 0 Å². The summed E-state index contributed by atoms with van der Waals surface area (Å²) in [4.78, 5) is 2.30. The van der Waals surface area contributed by atoms with Gasteiger partial charge in [0.1, 0.15) is 17.5 Å². The third-order valence-corrected chi connectivity index (χ3v) is 10.6. The van der Waals surface area contributed by atoms with Crippen LogP contribution in [0.3, 0.4) is 0 Å². The van der Waals surface area contributed by atoms with Gasteiger partial charge in [-0.2, -0.15) is 0 Å². The molecule has 0 saturated heterocycles. The molecule has 52 heavy (non-hydrogen) atoms. The third-order valence-electron chi connectivity index (χ3n) is 10.6. The van der Waals surface area contributed by atoms with Crippen molar-refractivity contribution in [1.82, 2.24) is 5.32 Å². The first-order valence-electron chi connectivity index (χ1n) is 18.3. The number of nitrogens with zero attached hydrogens (tertiary/aromatic N) is 1. The molecular formula is C48H41N3O. The van der Waals surface area contributed by atoms with Crippen LogP contribution in [0, 0.1) is 0 Å². The summed E-state index contributed by atoms with van der Waals surface area (Å²) in [7, 11) is 0. The van der Waals surface area contributed by atoms with E-state index in [-0.39, 0.29) is 0 Å². The molecule has 0 spiro atoms. The van der Waals surface area contributed by atoms with E-state index < -0.39 is 6.17 Å². The van der Waals surface area contributed by atoms with Gasteiger partial charge in [-0.05, 0) is 100 Å². The predicted octanol–water partition coefficient (Wildman–Crippen LogP) is 11.7. The normalized spacial score (nSPS) is 16.7. The average molecular weight is 676 g/mol. The summed E-state index contributed by atoms with van der Waals surface area (Å²) in [6.45, 7) is 4.68. The van der Waals surface area contributed by atoms with Crippen molar-refractivity contribution in [3.8, 4) is 0 Å². The van der Waals surface area contributed by atoms with E-state index in [4.69, 9.17) is 10.2 Å². The maximum atomic E-state index is 6.92. The lowest BCUT2D eigenvalue weighted by atomic mass is 9.85. The molecule has 0 amide bonds. The van der Waals surface area contributed by atoms with Crippen molar-refractivity contribution in [1.29, 1.82) is 0 Å². The predicted molar refractivity (Wildman–Crippen MR) is 218 cm³/mol. The van der Waals surface area contributed by atoms with Gasteiger partial charge in [0.15, 0.2) is 0 Å². The Morgan fingerprint density at radius 2 is 1.63 bits per heavy atom. The Kier molecular flexibility index (Phi) is 8.30. The zero-order valence-electron chi connectivity index (χ0n) is 29.2. The number of hydrogen-bond donors (Lipinski definition) is 2. The van der Waals surface area contributed by atoms with Gasteiger partial charge in [0.25, 0.3) is 0 Å². The molecular weight excluding hydrogens is 635 g/mol. The quantitative estimate of drug-likeness (QED) is 0.165. The van der Waals surface area contributed by atoms with Gasteiger partial charge in [0, 0.05) is 40.5 Å². The molecule has 3 N–H and O–H groups in total. The Balaban J connectivity index is 1.07. The second-order valence-electron chi connectivity index (χ2n) is 13.8. The van der Waals surface area contributed by atoms with E-state index in [1.54, 1.807) is 0 Å². The number of hydrogen-bond acceptors (Lipinski definition) is 4. The van der Waals surface area contributed by atoms with Crippen LogP contribution in [0.1, 0.15) is 59.0 Å². The molecule has 0 radical (unpaired) electrons. The van der Waals surface area contributed by atoms with Gasteiger partial charge in [0.2, 0.25) is 0 Å². The van der Waals surface area contributed by atoms with Crippen LogP contribution in [-0.2, 0) is 12.8 Å². The lowest BCUT2D eigenvalue weighted by Gasteiger charge is -2.29. The number of allylic oxidation sites excluding steroid dienone is 8. The molecule has 4 heteroatoms. The van der Waals surface area contributed by atoms with E-state index in [1.165, 1.54) is 38.6 Å². The van der Waals surface area contributed by atoms with Gasteiger partial charge in [-0.25, -0.2) is 0 Å². The number of rotatable bonds is 7. The SMILES string of the molecule is C=C1C2=C(/C=C\N(c3ccc(/C(=C/Cc4ccccc4)NC(N)c4ccc5c6c(oc5c4)CCC=C6)cc3)c3ccc4ccccc4c31)CCC=C2. The Morgan fingerprint density at radius 3 is 2.52 bits per heavy atom. The first-order valence-corrected chi connectivity index (χ1v) is 18.3. The highest BCUT2D eigenvalue weighted by Crippen LogP contribution is 2.44. The van der Waals surface area contributed by atoms with E-state index in [0.29, 0.717) is 0 Å². The summed E-state index contributed by atoms with van der Waals surface area (Å²) in [5.41, 5.74) is 20.2. The van der Waals surface area contributed by atoms with Crippen molar-refractivity contribution in [3.05, 3.63) is 197 Å². The average Bonchev–Trinajstić information content (AvgIpc) is 3.57. The van der Waals surface area contributed by atoms with Crippen LogP contribution in [0.25, 0.3) is 39.1 Å². The van der Waals surface area contributed by atoms with E-state index in [9.17, 15) is 0 Å². The number of furan rings is 1. The number of benzene rings is 5. The van der Waals surface area contributed by atoms with E-state index in [0.717, 1.165) is 82.6 Å². The zero-order chi connectivity index (χ0) is 35.0. The van der Waals surface area contributed by atoms with E-state index >= 15 is 0 Å². The summed E-state index contributed by atoms with van der Waals surface area (Å²) in [5, 5.41) is 7.23. The molecule has 2 aliphatic carbocycles. The molecule has 9 rings (SSSR count). The summed E-state index contributed by atoms with van der Waals surface area (Å²) >= 11 is 0. The topological polar surface area (TPSA) is 54.4 Å². The van der Waals surface area contributed by atoms with E-state index in [2.05, 4.69) is 169 Å². The van der Waals surface area contributed by atoms with Gasteiger partial charge in [-0.15, -0.1) is 0 Å². The first kappa shape index (κ1) is 31.9. The van der Waals surface area contributed by atoms with Crippen molar-refractivity contribution in [2.75, 3.05) is 4.90 Å². The zero-order valence-corrected chi connectivity index (χ0v) is 29.2. The monoisotopic (exact) mass is 675 g/mol. The van der Waals surface area contributed by atoms with Crippen LogP contribution in [0.5, 0.6) is 0 Å². The Labute approximate surface area is 305 Å². The number of nitrogens with one attached hydrogen (secondary N) is 1. The van der Waals surface area contributed by atoms with Crippen LogP contribution in [0.2, 0.25) is 0 Å². The lowest BCUT2D eigenvalue weighted by molar-refractivity contribution is 0.545. The molecule has 5 aromatic carbocycles. The highest BCUT2D eigenvalue weighted by Gasteiger charge is 2.23. The molecule has 2 heterocycles. The lowest BCUT2D eigenvalue weighted by Crippen LogP contribution is -2.27. The standard InChI is InChI=1S/C48H41N3O/c1-32-39-15-7-5-14-35(39)29-30-51(44-28-23-34-13-6-8-16-40(34)47(32)44)38-24-20-36(21-25-38)43(27-19-33-11-3-2-4-12-33)50-48(49)37-22-26-42-41-17-9-10-18-45(41)52-46(42)31-37/h2-4,6-9,11-13,15-17,20-31,48,50H,1,5,10,14,18-19,49H2/b30-29-,43-27-. The summed E-state index contributed by atoms with van der Waals surface area (Å²) in [6, 6.07) is 38.7.